The predicted molar refractivity (Wildman–Crippen MR) is 188 cm³/mol. The lowest BCUT2D eigenvalue weighted by Crippen LogP contribution is -2.53. The molecule has 2 amide bonds. The molecule has 1 fully saturated rings. The lowest BCUT2D eigenvalue weighted by Gasteiger charge is -2.34. The molecular formula is C37H45N7O4. The highest BCUT2D eigenvalue weighted by Crippen LogP contribution is 2.29. The number of aliphatic imine (C=N–C) groups is 1. The van der Waals surface area contributed by atoms with Crippen molar-refractivity contribution in [3.63, 3.8) is 0 Å². The number of imidazole rings is 1. The van der Waals surface area contributed by atoms with Gasteiger partial charge in [0.05, 0.1) is 24.2 Å². The normalized spacial score (nSPS) is 14.6. The molecule has 0 spiro atoms. The number of amides is 2. The van der Waals surface area contributed by atoms with Gasteiger partial charge in [-0.25, -0.2) is 4.98 Å². The number of carbonyl (C=O) groups excluding carboxylic acids is 3. The number of likely N-dealkylation sites (tertiary alicyclic amines) is 1. The van der Waals surface area contributed by atoms with Crippen molar-refractivity contribution in [2.75, 3.05) is 31.6 Å². The predicted octanol–water partition coefficient (Wildman–Crippen LogP) is 4.89. The Bertz CT molecular complexity index is 1760. The second-order valence-electron chi connectivity index (χ2n) is 12.3. The van der Waals surface area contributed by atoms with Crippen LogP contribution in [0.1, 0.15) is 73.3 Å². The summed E-state index contributed by atoms with van der Waals surface area (Å²) in [5.41, 5.74) is 9.71. The SMILES string of the molecule is CCCOC(=O)CCCN[C@@](C)(C(=O)N1CCCC1)c1ccc2c(c1)nc(CNc1ccc(C(N)=NC(=O)c3ccccc3)cc1)n2C. The van der Waals surface area contributed by atoms with Crippen molar-refractivity contribution in [3.8, 4) is 0 Å². The Morgan fingerprint density at radius 1 is 1.00 bits per heavy atom. The molecule has 2 heterocycles. The minimum absolute atomic E-state index is 0.0318. The fraction of sp³-hybridized carbons (Fsp3) is 0.378. The van der Waals surface area contributed by atoms with E-state index in [4.69, 9.17) is 15.5 Å². The van der Waals surface area contributed by atoms with E-state index in [2.05, 4.69) is 15.6 Å². The average molecular weight is 652 g/mol. The number of benzene rings is 3. The van der Waals surface area contributed by atoms with Crippen LogP contribution in [0.2, 0.25) is 0 Å². The molecule has 0 aliphatic carbocycles. The third-order valence-corrected chi connectivity index (χ3v) is 8.75. The summed E-state index contributed by atoms with van der Waals surface area (Å²) in [5.74, 6) is 0.407. The number of amidine groups is 1. The average Bonchev–Trinajstić information content (AvgIpc) is 3.76. The summed E-state index contributed by atoms with van der Waals surface area (Å²) in [7, 11) is 1.97. The van der Waals surface area contributed by atoms with Crippen molar-refractivity contribution in [1.82, 2.24) is 19.8 Å². The number of anilines is 1. The molecule has 5 rings (SSSR count). The molecule has 0 unspecified atom stereocenters. The monoisotopic (exact) mass is 651 g/mol. The zero-order valence-corrected chi connectivity index (χ0v) is 28.0. The minimum atomic E-state index is -0.972. The highest BCUT2D eigenvalue weighted by molar-refractivity contribution is 6.08. The second kappa shape index (κ2) is 15.7. The fourth-order valence-electron chi connectivity index (χ4n) is 5.87. The molecule has 0 radical (unpaired) electrons. The summed E-state index contributed by atoms with van der Waals surface area (Å²) >= 11 is 0. The molecule has 48 heavy (non-hydrogen) atoms. The topological polar surface area (TPSA) is 144 Å². The second-order valence-corrected chi connectivity index (χ2v) is 12.3. The van der Waals surface area contributed by atoms with Gasteiger partial charge in [-0.05, 0) is 93.2 Å². The number of rotatable bonds is 14. The third-order valence-electron chi connectivity index (χ3n) is 8.75. The number of fused-ring (bicyclic) bond motifs is 1. The number of nitrogens with zero attached hydrogens (tertiary/aromatic N) is 4. The number of carbonyl (C=O) groups is 3. The van der Waals surface area contributed by atoms with Gasteiger partial charge in [0.2, 0.25) is 5.91 Å². The number of hydrogen-bond acceptors (Lipinski definition) is 7. The van der Waals surface area contributed by atoms with Crippen LogP contribution in [-0.4, -0.2) is 64.3 Å². The maximum atomic E-state index is 13.9. The van der Waals surface area contributed by atoms with Gasteiger partial charge in [0.25, 0.3) is 5.91 Å². The quantitative estimate of drug-likeness (QED) is 0.0757. The van der Waals surface area contributed by atoms with Crippen LogP contribution in [-0.2, 0) is 33.5 Å². The Balaban J connectivity index is 1.27. The molecule has 0 bridgehead atoms. The number of aromatic nitrogens is 2. The van der Waals surface area contributed by atoms with Crippen molar-refractivity contribution < 1.29 is 19.1 Å². The summed E-state index contributed by atoms with van der Waals surface area (Å²) in [4.78, 5) is 49.2. The van der Waals surface area contributed by atoms with Crippen LogP contribution in [0.15, 0.2) is 77.8 Å². The van der Waals surface area contributed by atoms with Crippen LogP contribution >= 0.6 is 0 Å². The Morgan fingerprint density at radius 2 is 1.73 bits per heavy atom. The smallest absolute Gasteiger partial charge is 0.305 e. The molecule has 1 aliphatic rings. The van der Waals surface area contributed by atoms with Gasteiger partial charge >= 0.3 is 5.97 Å². The minimum Gasteiger partial charge on any atom is -0.466 e. The lowest BCUT2D eigenvalue weighted by molar-refractivity contribution is -0.143. The molecule has 1 aromatic heterocycles. The maximum Gasteiger partial charge on any atom is 0.305 e. The van der Waals surface area contributed by atoms with Crippen LogP contribution in [0.5, 0.6) is 0 Å². The van der Waals surface area contributed by atoms with E-state index in [1.165, 1.54) is 0 Å². The molecule has 4 N–H and O–H groups in total. The van der Waals surface area contributed by atoms with Gasteiger partial charge in [0, 0.05) is 43.4 Å². The van der Waals surface area contributed by atoms with Crippen LogP contribution in [0.3, 0.4) is 0 Å². The summed E-state index contributed by atoms with van der Waals surface area (Å²) in [6.07, 6.45) is 3.66. The first-order valence-corrected chi connectivity index (χ1v) is 16.6. The van der Waals surface area contributed by atoms with Gasteiger partial charge in [-0.2, -0.15) is 4.99 Å². The zero-order valence-electron chi connectivity index (χ0n) is 28.0. The first-order chi connectivity index (χ1) is 23.2. The number of aryl methyl sites for hydroxylation is 1. The van der Waals surface area contributed by atoms with E-state index in [1.807, 2.05) is 78.9 Å². The number of ether oxygens (including phenoxy) is 1. The lowest BCUT2D eigenvalue weighted by atomic mass is 9.89. The molecule has 3 aromatic carbocycles. The van der Waals surface area contributed by atoms with Crippen LogP contribution in [0.4, 0.5) is 5.69 Å². The van der Waals surface area contributed by atoms with Gasteiger partial charge in [-0.15, -0.1) is 0 Å². The maximum absolute atomic E-state index is 13.9. The zero-order chi connectivity index (χ0) is 34.1. The molecular weight excluding hydrogens is 606 g/mol. The van der Waals surface area contributed by atoms with Crippen molar-refractivity contribution in [1.29, 1.82) is 0 Å². The molecule has 1 atom stereocenters. The van der Waals surface area contributed by atoms with Crippen LogP contribution in [0, 0.1) is 0 Å². The fourth-order valence-corrected chi connectivity index (χ4v) is 5.87. The first-order valence-electron chi connectivity index (χ1n) is 16.6. The highest BCUT2D eigenvalue weighted by Gasteiger charge is 2.39. The molecule has 4 aromatic rings. The Labute approximate surface area is 281 Å². The molecule has 1 aliphatic heterocycles. The molecule has 1 saturated heterocycles. The molecule has 11 nitrogen and oxygen atoms in total. The van der Waals surface area contributed by atoms with Gasteiger partial charge in [-0.3, -0.25) is 19.7 Å². The van der Waals surface area contributed by atoms with Crippen LogP contribution in [0.25, 0.3) is 11.0 Å². The van der Waals surface area contributed by atoms with E-state index in [0.29, 0.717) is 43.7 Å². The van der Waals surface area contributed by atoms with Crippen molar-refractivity contribution in [2.45, 2.75) is 58.0 Å². The highest BCUT2D eigenvalue weighted by atomic mass is 16.5. The van der Waals surface area contributed by atoms with Crippen LogP contribution < -0.4 is 16.4 Å². The summed E-state index contributed by atoms with van der Waals surface area (Å²) < 4.78 is 7.25. The number of nitrogens with one attached hydrogen (secondary N) is 2. The standard InChI is InChI=1S/C37H45N7O4/c1-4-23-48-33(45)13-10-20-40-37(2,36(47)44-21-8-9-22-44)28-16-19-31-30(24-28)41-32(43(31)3)25-39-29-17-14-26(15-18-29)34(38)42-35(46)27-11-6-5-7-12-27/h5-7,11-12,14-19,24,39-40H,4,8-10,13,20-23,25H2,1-3H3,(H2,38,42,46)/t37-/m1/s1. The van der Waals surface area contributed by atoms with Crippen molar-refractivity contribution >= 4 is 40.3 Å². The number of nitrogens with two attached hydrogens (primary N) is 1. The molecule has 252 valence electrons. The summed E-state index contributed by atoms with van der Waals surface area (Å²) in [6, 6.07) is 22.2. The van der Waals surface area contributed by atoms with E-state index < -0.39 is 5.54 Å². The number of esters is 1. The van der Waals surface area contributed by atoms with Gasteiger partial charge < -0.3 is 25.3 Å². The van der Waals surface area contributed by atoms with E-state index in [9.17, 15) is 14.4 Å². The van der Waals surface area contributed by atoms with E-state index >= 15 is 0 Å². The van der Waals surface area contributed by atoms with Gasteiger partial charge in [0.15, 0.2) is 0 Å². The molecule has 0 saturated carbocycles. The first kappa shape index (κ1) is 34.3. The Kier molecular flexibility index (Phi) is 11.2. The summed E-state index contributed by atoms with van der Waals surface area (Å²) in [6.45, 7) is 6.76. The number of hydrogen-bond donors (Lipinski definition) is 3. The van der Waals surface area contributed by atoms with E-state index in [0.717, 1.165) is 60.5 Å². The van der Waals surface area contributed by atoms with E-state index in [-0.39, 0.29) is 23.6 Å². The third kappa shape index (κ3) is 8.09. The Morgan fingerprint density at radius 3 is 2.44 bits per heavy atom. The van der Waals surface area contributed by atoms with E-state index in [1.54, 1.807) is 24.3 Å². The Hall–Kier alpha value is -5.03. The summed E-state index contributed by atoms with van der Waals surface area (Å²) in [5, 5.41) is 6.89. The van der Waals surface area contributed by atoms with Crippen molar-refractivity contribution in [2.24, 2.45) is 17.8 Å². The van der Waals surface area contributed by atoms with Crippen molar-refractivity contribution in [3.05, 3.63) is 95.3 Å². The largest absolute Gasteiger partial charge is 0.466 e. The molecule has 11 heteroatoms. The van der Waals surface area contributed by atoms with Gasteiger partial charge in [-0.1, -0.05) is 31.2 Å². The van der Waals surface area contributed by atoms with Gasteiger partial charge in [0.1, 0.15) is 17.2 Å².